The Hall–Kier alpha value is -2.03. The SMILES string of the molecule is CCCCCc1ccc(C2=Cc3ccc(CC)c(F)c3CC2)c(F)c1F. The minimum atomic E-state index is -0.778. The van der Waals surface area contributed by atoms with Crippen molar-refractivity contribution >= 4 is 11.6 Å². The Kier molecular flexibility index (Phi) is 5.85. The first-order valence-corrected chi connectivity index (χ1v) is 9.54. The zero-order valence-corrected chi connectivity index (χ0v) is 15.5. The molecule has 0 bridgehead atoms. The highest BCUT2D eigenvalue weighted by Gasteiger charge is 2.21. The normalized spacial score (nSPS) is 13.5. The maximum Gasteiger partial charge on any atom is 0.166 e. The van der Waals surface area contributed by atoms with Gasteiger partial charge in [-0.3, -0.25) is 0 Å². The predicted molar refractivity (Wildman–Crippen MR) is 102 cm³/mol. The molecule has 2 aromatic carbocycles. The number of benzene rings is 2. The van der Waals surface area contributed by atoms with Crippen LogP contribution in [0.25, 0.3) is 11.6 Å². The van der Waals surface area contributed by atoms with E-state index >= 15 is 0 Å². The van der Waals surface area contributed by atoms with E-state index < -0.39 is 11.6 Å². The number of unbranched alkanes of at least 4 members (excludes halogenated alkanes) is 2. The summed E-state index contributed by atoms with van der Waals surface area (Å²) in [5.41, 5.74) is 3.63. The average molecular weight is 358 g/mol. The highest BCUT2D eigenvalue weighted by atomic mass is 19.2. The van der Waals surface area contributed by atoms with Gasteiger partial charge in [-0.05, 0) is 59.9 Å². The van der Waals surface area contributed by atoms with E-state index in [9.17, 15) is 13.2 Å². The van der Waals surface area contributed by atoms with Crippen molar-refractivity contribution in [2.24, 2.45) is 0 Å². The van der Waals surface area contributed by atoms with Gasteiger partial charge in [0.1, 0.15) is 5.82 Å². The molecule has 2 aromatic rings. The molecule has 0 saturated heterocycles. The summed E-state index contributed by atoms with van der Waals surface area (Å²) in [5.74, 6) is -1.67. The van der Waals surface area contributed by atoms with Gasteiger partial charge in [-0.2, -0.15) is 0 Å². The maximum absolute atomic E-state index is 14.6. The van der Waals surface area contributed by atoms with Crippen LogP contribution in [0.5, 0.6) is 0 Å². The predicted octanol–water partition coefficient (Wildman–Crippen LogP) is 6.89. The summed E-state index contributed by atoms with van der Waals surface area (Å²) < 4.78 is 43.5. The number of halogens is 3. The Morgan fingerprint density at radius 1 is 0.808 bits per heavy atom. The molecule has 0 spiro atoms. The number of hydrogen-bond donors (Lipinski definition) is 0. The van der Waals surface area contributed by atoms with Crippen molar-refractivity contribution in [3.05, 3.63) is 69.5 Å². The van der Waals surface area contributed by atoms with Crippen LogP contribution in [0.3, 0.4) is 0 Å². The lowest BCUT2D eigenvalue weighted by molar-refractivity contribution is 0.493. The van der Waals surface area contributed by atoms with Crippen LogP contribution in [0, 0.1) is 17.5 Å². The standard InChI is InChI=1S/C23H25F3/c1-3-5-6-7-16-10-12-20(23(26)22(16)25)18-11-13-19-17(14-18)9-8-15(4-2)21(19)24/h8-10,12,14H,3-7,11,13H2,1-2H3. The Balaban J connectivity index is 1.92. The highest BCUT2D eigenvalue weighted by molar-refractivity contribution is 5.84. The molecule has 0 nitrogen and oxygen atoms in total. The van der Waals surface area contributed by atoms with E-state index in [0.717, 1.165) is 30.4 Å². The van der Waals surface area contributed by atoms with Crippen molar-refractivity contribution < 1.29 is 13.2 Å². The molecule has 0 N–H and O–H groups in total. The Labute approximate surface area is 153 Å². The third-order valence-corrected chi connectivity index (χ3v) is 5.27. The quantitative estimate of drug-likeness (QED) is 0.493. The Morgan fingerprint density at radius 2 is 1.58 bits per heavy atom. The fourth-order valence-corrected chi connectivity index (χ4v) is 3.67. The summed E-state index contributed by atoms with van der Waals surface area (Å²) in [6.07, 6.45) is 6.96. The molecular formula is C23H25F3. The lowest BCUT2D eigenvalue weighted by Gasteiger charge is -2.20. The van der Waals surface area contributed by atoms with E-state index in [-0.39, 0.29) is 5.82 Å². The van der Waals surface area contributed by atoms with E-state index in [1.807, 2.05) is 13.0 Å². The van der Waals surface area contributed by atoms with Gasteiger partial charge < -0.3 is 0 Å². The molecule has 0 unspecified atom stereocenters. The second-order valence-corrected chi connectivity index (χ2v) is 6.99. The van der Waals surface area contributed by atoms with Gasteiger partial charge in [0.25, 0.3) is 0 Å². The first-order valence-electron chi connectivity index (χ1n) is 9.54. The minimum Gasteiger partial charge on any atom is -0.206 e. The van der Waals surface area contributed by atoms with Crippen molar-refractivity contribution in [3.8, 4) is 0 Å². The smallest absolute Gasteiger partial charge is 0.166 e. The van der Waals surface area contributed by atoms with E-state index in [4.69, 9.17) is 0 Å². The number of aryl methyl sites for hydroxylation is 2. The molecule has 0 fully saturated rings. The minimum absolute atomic E-state index is 0.154. The van der Waals surface area contributed by atoms with Crippen LogP contribution in [-0.4, -0.2) is 0 Å². The molecule has 0 heterocycles. The van der Waals surface area contributed by atoms with Crippen molar-refractivity contribution in [1.29, 1.82) is 0 Å². The summed E-state index contributed by atoms with van der Waals surface area (Å²) in [5, 5.41) is 0. The molecular weight excluding hydrogens is 333 g/mol. The molecule has 138 valence electrons. The van der Waals surface area contributed by atoms with Gasteiger partial charge in [-0.1, -0.05) is 57.0 Å². The largest absolute Gasteiger partial charge is 0.206 e. The van der Waals surface area contributed by atoms with E-state index in [1.165, 1.54) is 0 Å². The number of allylic oxidation sites excluding steroid dienone is 1. The number of fused-ring (bicyclic) bond motifs is 1. The molecule has 0 saturated carbocycles. The lowest BCUT2D eigenvalue weighted by Crippen LogP contribution is -2.07. The van der Waals surface area contributed by atoms with Crippen LogP contribution in [0.1, 0.15) is 67.3 Å². The molecule has 0 aliphatic heterocycles. The van der Waals surface area contributed by atoms with Gasteiger partial charge in [0.15, 0.2) is 11.6 Å². The third kappa shape index (κ3) is 3.58. The van der Waals surface area contributed by atoms with E-state index in [1.54, 1.807) is 24.3 Å². The van der Waals surface area contributed by atoms with Crippen molar-refractivity contribution in [3.63, 3.8) is 0 Å². The molecule has 26 heavy (non-hydrogen) atoms. The third-order valence-electron chi connectivity index (χ3n) is 5.27. The summed E-state index contributed by atoms with van der Waals surface area (Å²) >= 11 is 0. The zero-order valence-electron chi connectivity index (χ0n) is 15.5. The fraction of sp³-hybridized carbons (Fsp3) is 0.391. The molecule has 3 heteroatoms. The molecule has 3 rings (SSSR count). The fourth-order valence-electron chi connectivity index (χ4n) is 3.67. The molecule has 0 radical (unpaired) electrons. The highest BCUT2D eigenvalue weighted by Crippen LogP contribution is 2.35. The van der Waals surface area contributed by atoms with E-state index in [2.05, 4.69) is 6.92 Å². The van der Waals surface area contributed by atoms with Gasteiger partial charge in [0.05, 0.1) is 0 Å². The van der Waals surface area contributed by atoms with Gasteiger partial charge in [0.2, 0.25) is 0 Å². The van der Waals surface area contributed by atoms with Crippen molar-refractivity contribution in [2.45, 2.75) is 58.8 Å². The Morgan fingerprint density at radius 3 is 2.31 bits per heavy atom. The van der Waals surface area contributed by atoms with Crippen LogP contribution < -0.4 is 0 Å². The van der Waals surface area contributed by atoms with Gasteiger partial charge in [-0.15, -0.1) is 0 Å². The first-order chi connectivity index (χ1) is 12.6. The van der Waals surface area contributed by atoms with Crippen molar-refractivity contribution in [1.82, 2.24) is 0 Å². The topological polar surface area (TPSA) is 0 Å². The molecule has 0 atom stereocenters. The molecule has 1 aliphatic rings. The van der Waals surface area contributed by atoms with Crippen LogP contribution in [-0.2, 0) is 19.3 Å². The zero-order chi connectivity index (χ0) is 18.7. The van der Waals surface area contributed by atoms with E-state index in [0.29, 0.717) is 47.9 Å². The summed E-state index contributed by atoms with van der Waals surface area (Å²) in [6.45, 7) is 4.01. The second-order valence-electron chi connectivity index (χ2n) is 6.99. The average Bonchev–Trinajstić information content (AvgIpc) is 2.65. The second kappa shape index (κ2) is 8.11. The van der Waals surface area contributed by atoms with Gasteiger partial charge in [-0.25, -0.2) is 13.2 Å². The van der Waals surface area contributed by atoms with Crippen LogP contribution in [0.4, 0.5) is 13.2 Å². The summed E-state index contributed by atoms with van der Waals surface area (Å²) in [4.78, 5) is 0. The molecule has 0 aromatic heterocycles. The Bertz CT molecular complexity index is 834. The molecule has 1 aliphatic carbocycles. The number of hydrogen-bond acceptors (Lipinski definition) is 0. The van der Waals surface area contributed by atoms with Crippen LogP contribution in [0.15, 0.2) is 24.3 Å². The van der Waals surface area contributed by atoms with Crippen LogP contribution >= 0.6 is 0 Å². The van der Waals surface area contributed by atoms with Crippen LogP contribution in [0.2, 0.25) is 0 Å². The summed E-state index contributed by atoms with van der Waals surface area (Å²) in [7, 11) is 0. The van der Waals surface area contributed by atoms with Crippen molar-refractivity contribution in [2.75, 3.05) is 0 Å². The monoisotopic (exact) mass is 358 g/mol. The first kappa shape index (κ1) is 18.8. The van der Waals surface area contributed by atoms with Gasteiger partial charge >= 0.3 is 0 Å². The summed E-state index contributed by atoms with van der Waals surface area (Å²) in [6, 6.07) is 7.03. The lowest BCUT2D eigenvalue weighted by atomic mass is 9.86. The number of rotatable bonds is 6. The van der Waals surface area contributed by atoms with Gasteiger partial charge in [0, 0.05) is 5.56 Å². The molecule has 0 amide bonds. The maximum atomic E-state index is 14.6.